The molecule has 0 bridgehead atoms. The van der Waals surface area contributed by atoms with Gasteiger partial charge in [-0.3, -0.25) is 9.69 Å². The van der Waals surface area contributed by atoms with Crippen LogP contribution in [-0.2, 0) is 9.53 Å². The van der Waals surface area contributed by atoms with E-state index in [1.165, 1.54) is 7.11 Å². The van der Waals surface area contributed by atoms with Gasteiger partial charge in [-0.25, -0.2) is 0 Å². The molecule has 1 heterocycles. The van der Waals surface area contributed by atoms with Crippen molar-refractivity contribution in [1.82, 2.24) is 9.80 Å². The van der Waals surface area contributed by atoms with E-state index in [1.807, 2.05) is 14.1 Å². The van der Waals surface area contributed by atoms with Crippen LogP contribution in [0.15, 0.2) is 0 Å². The summed E-state index contributed by atoms with van der Waals surface area (Å²) in [4.78, 5) is 16.3. The van der Waals surface area contributed by atoms with Crippen LogP contribution in [0.2, 0.25) is 0 Å². The third kappa shape index (κ3) is 3.68. The second-order valence-corrected chi connectivity index (χ2v) is 6.23. The van der Waals surface area contributed by atoms with Crippen LogP contribution >= 0.6 is 0 Å². The van der Waals surface area contributed by atoms with Crippen LogP contribution in [0.25, 0.3) is 0 Å². The number of hydrogen-bond donors (Lipinski definition) is 0. The minimum atomic E-state index is -0.0661. The molecule has 0 unspecified atom stereocenters. The lowest BCUT2D eigenvalue weighted by atomic mass is 9.96. The third-order valence-corrected chi connectivity index (χ3v) is 3.49. The first kappa shape index (κ1) is 14.5. The number of rotatable bonds is 3. The molecular weight excluding hydrogens is 216 g/mol. The largest absolute Gasteiger partial charge is 0.469 e. The van der Waals surface area contributed by atoms with Gasteiger partial charge in [0.2, 0.25) is 0 Å². The zero-order valence-electron chi connectivity index (χ0n) is 12.0. The minimum Gasteiger partial charge on any atom is -0.469 e. The van der Waals surface area contributed by atoms with E-state index in [0.29, 0.717) is 5.92 Å². The zero-order chi connectivity index (χ0) is 13.2. The maximum atomic E-state index is 11.8. The van der Waals surface area contributed by atoms with Gasteiger partial charge in [0.05, 0.1) is 13.0 Å². The molecule has 1 aliphatic rings. The summed E-state index contributed by atoms with van der Waals surface area (Å²) in [6.07, 6.45) is 0. The molecule has 1 saturated heterocycles. The van der Waals surface area contributed by atoms with E-state index in [0.717, 1.165) is 19.6 Å². The van der Waals surface area contributed by atoms with Crippen molar-refractivity contribution in [1.29, 1.82) is 0 Å². The highest BCUT2D eigenvalue weighted by molar-refractivity contribution is 5.73. The van der Waals surface area contributed by atoms with Gasteiger partial charge in [-0.1, -0.05) is 0 Å². The number of likely N-dealkylation sites (tertiary alicyclic amines) is 1. The number of nitrogens with zero attached hydrogens (tertiary/aromatic N) is 2. The van der Waals surface area contributed by atoms with E-state index in [4.69, 9.17) is 4.74 Å². The van der Waals surface area contributed by atoms with Crippen molar-refractivity contribution < 1.29 is 9.53 Å². The number of ether oxygens (including phenoxy) is 1. The number of methoxy groups -OCH3 is 1. The molecule has 0 aromatic heterocycles. The Hall–Kier alpha value is -0.610. The van der Waals surface area contributed by atoms with Crippen molar-refractivity contribution in [3.05, 3.63) is 0 Å². The summed E-state index contributed by atoms with van der Waals surface area (Å²) in [7, 11) is 5.58. The van der Waals surface area contributed by atoms with Crippen molar-refractivity contribution in [3.63, 3.8) is 0 Å². The first-order chi connectivity index (χ1) is 7.75. The Morgan fingerprint density at radius 1 is 1.35 bits per heavy atom. The van der Waals surface area contributed by atoms with Crippen LogP contribution in [0, 0.1) is 11.8 Å². The van der Waals surface area contributed by atoms with Gasteiger partial charge in [-0.15, -0.1) is 0 Å². The minimum absolute atomic E-state index is 0.0154. The second kappa shape index (κ2) is 5.36. The fraction of sp³-hybridized carbons (Fsp3) is 0.923. The predicted molar refractivity (Wildman–Crippen MR) is 68.9 cm³/mol. The summed E-state index contributed by atoms with van der Waals surface area (Å²) in [5.74, 6) is 0.321. The summed E-state index contributed by atoms with van der Waals surface area (Å²) < 4.78 is 4.92. The molecule has 1 fully saturated rings. The Morgan fingerprint density at radius 2 is 1.94 bits per heavy atom. The summed E-state index contributed by atoms with van der Waals surface area (Å²) in [5.41, 5.74) is 0.118. The Balaban J connectivity index is 2.75. The Labute approximate surface area is 105 Å². The van der Waals surface area contributed by atoms with Gasteiger partial charge < -0.3 is 9.64 Å². The Bertz CT molecular complexity index is 271. The predicted octanol–water partition coefficient (Wildman–Crippen LogP) is 1.07. The van der Waals surface area contributed by atoms with E-state index in [2.05, 4.69) is 30.6 Å². The number of esters is 1. The lowest BCUT2D eigenvalue weighted by Gasteiger charge is -2.31. The fourth-order valence-corrected chi connectivity index (χ4v) is 2.49. The first-order valence-electron chi connectivity index (χ1n) is 6.23. The molecular formula is C13H26N2O2. The van der Waals surface area contributed by atoms with Gasteiger partial charge in [0.25, 0.3) is 0 Å². The number of carbonyl (C=O) groups is 1. The van der Waals surface area contributed by atoms with Crippen LogP contribution in [0.5, 0.6) is 0 Å². The maximum absolute atomic E-state index is 11.8. The molecule has 1 rings (SSSR count). The van der Waals surface area contributed by atoms with E-state index in [-0.39, 0.29) is 17.4 Å². The highest BCUT2D eigenvalue weighted by Crippen LogP contribution is 2.30. The van der Waals surface area contributed by atoms with Gasteiger partial charge in [-0.05, 0) is 40.8 Å². The molecule has 2 atom stereocenters. The molecule has 0 amide bonds. The molecule has 0 aromatic rings. The molecule has 4 heteroatoms. The lowest BCUT2D eigenvalue weighted by Crippen LogP contribution is -2.40. The molecule has 0 aromatic carbocycles. The van der Waals surface area contributed by atoms with Crippen molar-refractivity contribution >= 4 is 5.97 Å². The zero-order valence-corrected chi connectivity index (χ0v) is 12.0. The summed E-state index contributed by atoms with van der Waals surface area (Å²) in [6.45, 7) is 9.31. The topological polar surface area (TPSA) is 32.8 Å². The molecule has 0 N–H and O–H groups in total. The summed E-state index contributed by atoms with van der Waals surface area (Å²) in [5, 5.41) is 0. The van der Waals surface area contributed by atoms with Crippen molar-refractivity contribution in [2.75, 3.05) is 40.8 Å². The maximum Gasteiger partial charge on any atom is 0.310 e. The summed E-state index contributed by atoms with van der Waals surface area (Å²) >= 11 is 0. The van der Waals surface area contributed by atoms with Crippen LogP contribution in [0.1, 0.15) is 20.8 Å². The molecule has 4 nitrogen and oxygen atoms in total. The van der Waals surface area contributed by atoms with Gasteiger partial charge in [0.1, 0.15) is 0 Å². The van der Waals surface area contributed by atoms with E-state index in [9.17, 15) is 4.79 Å². The molecule has 0 aliphatic carbocycles. The SMILES string of the molecule is COC(=O)[C@@H]1CN(C(C)(C)C)C[C@H]1CN(C)C. The van der Waals surface area contributed by atoms with E-state index in [1.54, 1.807) is 0 Å². The Kier molecular flexibility index (Phi) is 4.55. The van der Waals surface area contributed by atoms with Gasteiger partial charge in [-0.2, -0.15) is 0 Å². The van der Waals surface area contributed by atoms with Crippen molar-refractivity contribution in [2.24, 2.45) is 11.8 Å². The van der Waals surface area contributed by atoms with Gasteiger partial charge in [0.15, 0.2) is 0 Å². The Morgan fingerprint density at radius 3 is 2.35 bits per heavy atom. The molecule has 0 radical (unpaired) electrons. The van der Waals surface area contributed by atoms with Crippen molar-refractivity contribution in [2.45, 2.75) is 26.3 Å². The standard InChI is InChI=1S/C13H26N2O2/c1-13(2,3)15-8-10(7-14(4)5)11(9-15)12(16)17-6/h10-11H,7-9H2,1-6H3/t10-,11-/m1/s1. The normalized spacial score (nSPS) is 26.5. The quantitative estimate of drug-likeness (QED) is 0.693. The van der Waals surface area contributed by atoms with E-state index < -0.39 is 0 Å². The third-order valence-electron chi connectivity index (χ3n) is 3.49. The number of carbonyl (C=O) groups excluding carboxylic acids is 1. The first-order valence-corrected chi connectivity index (χ1v) is 6.23. The summed E-state index contributed by atoms with van der Waals surface area (Å²) in [6, 6.07) is 0. The second-order valence-electron chi connectivity index (χ2n) is 6.23. The molecule has 100 valence electrons. The molecule has 17 heavy (non-hydrogen) atoms. The number of hydrogen-bond acceptors (Lipinski definition) is 4. The smallest absolute Gasteiger partial charge is 0.310 e. The van der Waals surface area contributed by atoms with Crippen LogP contribution in [0.3, 0.4) is 0 Å². The van der Waals surface area contributed by atoms with Crippen LogP contribution < -0.4 is 0 Å². The monoisotopic (exact) mass is 242 g/mol. The molecule has 0 spiro atoms. The van der Waals surface area contributed by atoms with E-state index >= 15 is 0 Å². The fourth-order valence-electron chi connectivity index (χ4n) is 2.49. The highest BCUT2D eigenvalue weighted by Gasteiger charge is 2.41. The van der Waals surface area contributed by atoms with Gasteiger partial charge in [0, 0.05) is 25.2 Å². The van der Waals surface area contributed by atoms with Gasteiger partial charge >= 0.3 is 5.97 Å². The highest BCUT2D eigenvalue weighted by atomic mass is 16.5. The molecule has 0 saturated carbocycles. The lowest BCUT2D eigenvalue weighted by molar-refractivity contribution is -0.146. The molecule has 1 aliphatic heterocycles. The average Bonchev–Trinajstić information content (AvgIpc) is 2.59. The van der Waals surface area contributed by atoms with Crippen LogP contribution in [-0.4, -0.2) is 62.1 Å². The van der Waals surface area contributed by atoms with Crippen molar-refractivity contribution in [3.8, 4) is 0 Å². The average molecular weight is 242 g/mol. The van der Waals surface area contributed by atoms with Crippen LogP contribution in [0.4, 0.5) is 0 Å².